The minimum absolute atomic E-state index is 0.0175. The summed E-state index contributed by atoms with van der Waals surface area (Å²) in [7, 11) is 0. The van der Waals surface area contributed by atoms with Gasteiger partial charge in [-0.25, -0.2) is 0 Å². The number of hydrogen-bond donors (Lipinski definition) is 2. The van der Waals surface area contributed by atoms with Crippen LogP contribution in [0.2, 0.25) is 0 Å². The molecule has 98 valence electrons. The van der Waals surface area contributed by atoms with Gasteiger partial charge in [-0.1, -0.05) is 30.3 Å². The van der Waals surface area contributed by atoms with Crippen LogP contribution in [0.4, 0.5) is 0 Å². The van der Waals surface area contributed by atoms with E-state index in [0.717, 1.165) is 13.0 Å². The number of nitrogens with one attached hydrogen (secondary N) is 1. The van der Waals surface area contributed by atoms with E-state index in [9.17, 15) is 9.90 Å². The normalized spacial score (nSPS) is 24.1. The van der Waals surface area contributed by atoms with Crippen LogP contribution in [-0.4, -0.2) is 41.1 Å². The summed E-state index contributed by atoms with van der Waals surface area (Å²) in [5, 5.41) is 12.6. The highest BCUT2D eigenvalue weighted by molar-refractivity contribution is 5.72. The highest BCUT2D eigenvalue weighted by atomic mass is 16.3. The van der Waals surface area contributed by atoms with Gasteiger partial charge in [0.15, 0.2) is 0 Å². The van der Waals surface area contributed by atoms with Crippen LogP contribution in [-0.2, 0) is 11.3 Å². The number of nitrogens with zero attached hydrogens (tertiary/aromatic N) is 1. The number of benzene rings is 1. The molecule has 0 aromatic heterocycles. The third-order valence-electron chi connectivity index (χ3n) is 3.32. The number of amides is 1. The van der Waals surface area contributed by atoms with Crippen molar-refractivity contribution in [3.8, 4) is 0 Å². The number of β-amino-alcohol motifs (C(OH)–C–C–N with tert-alkyl or cyclic N) is 1. The van der Waals surface area contributed by atoms with Crippen LogP contribution < -0.4 is 5.32 Å². The van der Waals surface area contributed by atoms with E-state index in [2.05, 4.69) is 22.3 Å². The number of hydrogen-bond acceptors (Lipinski definition) is 3. The summed E-state index contributed by atoms with van der Waals surface area (Å²) in [6.45, 7) is 3.63. The zero-order valence-electron chi connectivity index (χ0n) is 10.7. The van der Waals surface area contributed by atoms with E-state index in [0.29, 0.717) is 13.1 Å². The Bertz CT molecular complexity index is 394. The van der Waals surface area contributed by atoms with Crippen LogP contribution >= 0.6 is 0 Å². The van der Waals surface area contributed by atoms with Gasteiger partial charge in [-0.3, -0.25) is 9.69 Å². The van der Waals surface area contributed by atoms with E-state index in [-0.39, 0.29) is 18.1 Å². The Morgan fingerprint density at radius 1 is 1.44 bits per heavy atom. The molecule has 1 fully saturated rings. The first-order valence-electron chi connectivity index (χ1n) is 6.35. The van der Waals surface area contributed by atoms with Crippen LogP contribution in [0.1, 0.15) is 18.9 Å². The number of rotatable bonds is 4. The molecule has 1 aromatic carbocycles. The molecule has 4 heteroatoms. The van der Waals surface area contributed by atoms with Crippen molar-refractivity contribution in [3.63, 3.8) is 0 Å². The first-order chi connectivity index (χ1) is 8.65. The van der Waals surface area contributed by atoms with E-state index in [4.69, 9.17) is 0 Å². The van der Waals surface area contributed by atoms with E-state index in [1.807, 2.05) is 18.2 Å². The fourth-order valence-electron chi connectivity index (χ4n) is 2.44. The average molecular weight is 248 g/mol. The second-order valence-corrected chi connectivity index (χ2v) is 4.90. The molecule has 2 rings (SSSR count). The molecule has 0 spiro atoms. The van der Waals surface area contributed by atoms with Gasteiger partial charge in [0.1, 0.15) is 0 Å². The molecule has 0 aliphatic carbocycles. The van der Waals surface area contributed by atoms with Gasteiger partial charge in [-0.05, 0) is 12.0 Å². The lowest BCUT2D eigenvalue weighted by Crippen LogP contribution is -2.39. The maximum Gasteiger partial charge on any atom is 0.216 e. The van der Waals surface area contributed by atoms with Gasteiger partial charge < -0.3 is 10.4 Å². The fraction of sp³-hybridized carbons (Fsp3) is 0.500. The molecule has 1 amide bonds. The molecule has 18 heavy (non-hydrogen) atoms. The Morgan fingerprint density at radius 3 is 2.83 bits per heavy atom. The van der Waals surface area contributed by atoms with Gasteiger partial charge in [-0.15, -0.1) is 0 Å². The predicted octanol–water partition coefficient (Wildman–Crippen LogP) is 0.758. The fourth-order valence-corrected chi connectivity index (χ4v) is 2.44. The Hall–Kier alpha value is -1.39. The second-order valence-electron chi connectivity index (χ2n) is 4.90. The summed E-state index contributed by atoms with van der Waals surface area (Å²) >= 11 is 0. The van der Waals surface area contributed by atoms with Gasteiger partial charge >= 0.3 is 0 Å². The van der Waals surface area contributed by atoms with Crippen molar-refractivity contribution in [1.82, 2.24) is 10.2 Å². The highest BCUT2D eigenvalue weighted by Gasteiger charge is 2.30. The molecule has 2 N–H and O–H groups in total. The summed E-state index contributed by atoms with van der Waals surface area (Å²) < 4.78 is 0. The van der Waals surface area contributed by atoms with E-state index < -0.39 is 0 Å². The third kappa shape index (κ3) is 3.55. The molecule has 1 aliphatic rings. The van der Waals surface area contributed by atoms with Crippen LogP contribution in [0.25, 0.3) is 0 Å². The van der Waals surface area contributed by atoms with E-state index >= 15 is 0 Å². The molecular weight excluding hydrogens is 228 g/mol. The van der Waals surface area contributed by atoms with Crippen molar-refractivity contribution >= 4 is 5.91 Å². The first kappa shape index (κ1) is 13.1. The summed E-state index contributed by atoms with van der Waals surface area (Å²) in [6, 6.07) is 10.4. The minimum Gasteiger partial charge on any atom is -0.392 e. The Labute approximate surface area is 108 Å². The topological polar surface area (TPSA) is 52.6 Å². The Balaban J connectivity index is 1.94. The molecule has 0 bridgehead atoms. The quantitative estimate of drug-likeness (QED) is 0.827. The molecule has 0 saturated carbocycles. The van der Waals surface area contributed by atoms with Crippen molar-refractivity contribution in [2.45, 2.75) is 32.0 Å². The summed E-state index contributed by atoms with van der Waals surface area (Å²) in [4.78, 5) is 13.2. The molecule has 2 atom stereocenters. The first-order valence-corrected chi connectivity index (χ1v) is 6.35. The molecule has 1 saturated heterocycles. The number of aliphatic hydroxyl groups is 1. The zero-order valence-corrected chi connectivity index (χ0v) is 10.7. The lowest BCUT2D eigenvalue weighted by Gasteiger charge is -2.24. The third-order valence-corrected chi connectivity index (χ3v) is 3.32. The summed E-state index contributed by atoms with van der Waals surface area (Å²) in [5.74, 6) is -0.0175. The predicted molar refractivity (Wildman–Crippen MR) is 69.9 cm³/mol. The largest absolute Gasteiger partial charge is 0.392 e. The molecule has 1 aliphatic heterocycles. The zero-order chi connectivity index (χ0) is 13.0. The highest BCUT2D eigenvalue weighted by Crippen LogP contribution is 2.20. The van der Waals surface area contributed by atoms with Crippen LogP contribution in [0.3, 0.4) is 0 Å². The standard InChI is InChI=1S/C14H20N2O2/c1-11(17)15-8-13-7-14(18)10-16(13)9-12-5-3-2-4-6-12/h2-6,13-14,18H,7-10H2,1H3,(H,15,17). The maximum atomic E-state index is 11.0. The number of carbonyl (C=O) groups is 1. The summed E-state index contributed by atoms with van der Waals surface area (Å²) in [6.07, 6.45) is 0.445. The Kier molecular flexibility index (Phi) is 4.33. The molecule has 4 nitrogen and oxygen atoms in total. The lowest BCUT2D eigenvalue weighted by molar-refractivity contribution is -0.119. The van der Waals surface area contributed by atoms with Crippen LogP contribution in [0, 0.1) is 0 Å². The minimum atomic E-state index is -0.285. The molecular formula is C14H20N2O2. The van der Waals surface area contributed by atoms with Gasteiger partial charge in [0.05, 0.1) is 6.10 Å². The molecule has 1 heterocycles. The van der Waals surface area contributed by atoms with Crippen LogP contribution in [0.5, 0.6) is 0 Å². The van der Waals surface area contributed by atoms with Gasteiger partial charge in [-0.2, -0.15) is 0 Å². The number of likely N-dealkylation sites (tertiary alicyclic amines) is 1. The van der Waals surface area contributed by atoms with Crippen LogP contribution in [0.15, 0.2) is 30.3 Å². The van der Waals surface area contributed by atoms with Crippen molar-refractivity contribution < 1.29 is 9.90 Å². The monoisotopic (exact) mass is 248 g/mol. The summed E-state index contributed by atoms with van der Waals surface area (Å²) in [5.41, 5.74) is 1.24. The van der Waals surface area contributed by atoms with E-state index in [1.165, 1.54) is 12.5 Å². The number of carbonyl (C=O) groups excluding carboxylic acids is 1. The lowest BCUT2D eigenvalue weighted by atomic mass is 10.1. The smallest absolute Gasteiger partial charge is 0.216 e. The van der Waals surface area contributed by atoms with Crippen molar-refractivity contribution in [2.75, 3.05) is 13.1 Å². The Morgan fingerprint density at radius 2 is 2.17 bits per heavy atom. The van der Waals surface area contributed by atoms with Gasteiger partial charge in [0.2, 0.25) is 5.91 Å². The average Bonchev–Trinajstić information content (AvgIpc) is 2.68. The SMILES string of the molecule is CC(=O)NCC1CC(O)CN1Cc1ccccc1. The maximum absolute atomic E-state index is 11.0. The second kappa shape index (κ2) is 5.98. The van der Waals surface area contributed by atoms with Crippen molar-refractivity contribution in [2.24, 2.45) is 0 Å². The van der Waals surface area contributed by atoms with Gasteiger partial charge in [0, 0.05) is 32.6 Å². The molecule has 1 aromatic rings. The van der Waals surface area contributed by atoms with E-state index in [1.54, 1.807) is 0 Å². The number of aliphatic hydroxyl groups excluding tert-OH is 1. The van der Waals surface area contributed by atoms with Gasteiger partial charge in [0.25, 0.3) is 0 Å². The molecule has 0 radical (unpaired) electrons. The van der Waals surface area contributed by atoms with Crippen molar-refractivity contribution in [3.05, 3.63) is 35.9 Å². The van der Waals surface area contributed by atoms with Crippen molar-refractivity contribution in [1.29, 1.82) is 0 Å². The molecule has 2 unspecified atom stereocenters.